The van der Waals surface area contributed by atoms with Gasteiger partial charge in [0.05, 0.1) is 11.0 Å². The summed E-state index contributed by atoms with van der Waals surface area (Å²) in [6.45, 7) is 3.44. The molecule has 0 aromatic heterocycles. The van der Waals surface area contributed by atoms with Crippen LogP contribution in [0.1, 0.15) is 25.5 Å². The van der Waals surface area contributed by atoms with Crippen LogP contribution in [-0.2, 0) is 4.79 Å². The monoisotopic (exact) mass is 390 g/mol. The second kappa shape index (κ2) is 9.01. The zero-order valence-corrected chi connectivity index (χ0v) is 16.2. The Labute approximate surface area is 169 Å². The number of benzene rings is 3. The molecule has 0 radical (unpaired) electrons. The van der Waals surface area contributed by atoms with Gasteiger partial charge >= 0.3 is 0 Å². The minimum absolute atomic E-state index is 0.00796. The summed E-state index contributed by atoms with van der Waals surface area (Å²) >= 11 is 0. The molecule has 29 heavy (non-hydrogen) atoms. The molecule has 1 N–H and O–H groups in total. The molecule has 0 fully saturated rings. The molecule has 0 saturated carbocycles. The van der Waals surface area contributed by atoms with Gasteiger partial charge in [0, 0.05) is 12.1 Å². The van der Waals surface area contributed by atoms with Crippen molar-refractivity contribution in [2.45, 2.75) is 26.0 Å². The molecule has 6 heteroatoms. The van der Waals surface area contributed by atoms with E-state index in [9.17, 15) is 14.9 Å². The molecule has 6 nitrogen and oxygen atoms in total. The molecule has 0 bridgehead atoms. The number of nitrogens with zero attached hydrogens (tertiary/aromatic N) is 1. The Hall–Kier alpha value is -3.67. The molecule has 0 saturated heterocycles. The number of nitro benzene ring substituents is 1. The number of carbonyl (C=O) groups is 1. The van der Waals surface area contributed by atoms with Gasteiger partial charge in [-0.1, -0.05) is 54.6 Å². The summed E-state index contributed by atoms with van der Waals surface area (Å²) in [5, 5.41) is 13.8. The first kappa shape index (κ1) is 20.1. The average molecular weight is 390 g/mol. The fourth-order valence-electron chi connectivity index (χ4n) is 2.94. The van der Waals surface area contributed by atoms with E-state index in [4.69, 9.17) is 4.74 Å². The third-order valence-electron chi connectivity index (χ3n) is 4.58. The van der Waals surface area contributed by atoms with Gasteiger partial charge in [-0.15, -0.1) is 0 Å². The van der Waals surface area contributed by atoms with Crippen molar-refractivity contribution in [2.24, 2.45) is 0 Å². The predicted octanol–water partition coefficient (Wildman–Crippen LogP) is 4.91. The van der Waals surface area contributed by atoms with Crippen LogP contribution in [0, 0.1) is 10.1 Å². The topological polar surface area (TPSA) is 81.5 Å². The second-order valence-corrected chi connectivity index (χ2v) is 6.73. The van der Waals surface area contributed by atoms with Crippen LogP contribution in [0.2, 0.25) is 0 Å². The third kappa shape index (κ3) is 5.19. The average Bonchev–Trinajstić information content (AvgIpc) is 2.75. The lowest BCUT2D eigenvalue weighted by molar-refractivity contribution is -0.384. The van der Waals surface area contributed by atoms with Crippen LogP contribution in [0.4, 0.5) is 5.69 Å². The van der Waals surface area contributed by atoms with Gasteiger partial charge in [0.2, 0.25) is 0 Å². The fourth-order valence-corrected chi connectivity index (χ4v) is 2.94. The zero-order chi connectivity index (χ0) is 20.8. The number of non-ortho nitro benzene ring substituents is 1. The zero-order valence-electron chi connectivity index (χ0n) is 16.2. The number of rotatable bonds is 7. The van der Waals surface area contributed by atoms with E-state index in [0.717, 1.165) is 11.1 Å². The Morgan fingerprint density at radius 2 is 1.59 bits per heavy atom. The maximum Gasteiger partial charge on any atom is 0.269 e. The van der Waals surface area contributed by atoms with Crippen LogP contribution in [0.15, 0.2) is 78.9 Å². The van der Waals surface area contributed by atoms with E-state index in [-0.39, 0.29) is 17.6 Å². The van der Waals surface area contributed by atoms with E-state index < -0.39 is 11.0 Å². The minimum atomic E-state index is -0.710. The van der Waals surface area contributed by atoms with Crippen molar-refractivity contribution in [3.8, 4) is 16.9 Å². The van der Waals surface area contributed by atoms with E-state index in [1.807, 2.05) is 54.6 Å². The lowest BCUT2D eigenvalue weighted by Gasteiger charge is -2.19. The highest BCUT2D eigenvalue weighted by atomic mass is 16.6. The van der Waals surface area contributed by atoms with Crippen LogP contribution in [-0.4, -0.2) is 16.9 Å². The van der Waals surface area contributed by atoms with E-state index in [1.165, 1.54) is 12.1 Å². The predicted molar refractivity (Wildman–Crippen MR) is 112 cm³/mol. The molecule has 148 valence electrons. The molecule has 3 rings (SSSR count). The van der Waals surface area contributed by atoms with Crippen LogP contribution in [0.25, 0.3) is 11.1 Å². The molecular formula is C23H22N2O4. The maximum absolute atomic E-state index is 12.5. The molecule has 2 atom stereocenters. The van der Waals surface area contributed by atoms with E-state index in [1.54, 1.807) is 26.0 Å². The molecule has 0 aliphatic heterocycles. The smallest absolute Gasteiger partial charge is 0.269 e. The number of nitro groups is 1. The summed E-state index contributed by atoms with van der Waals surface area (Å²) in [7, 11) is 0. The standard InChI is InChI=1S/C23H22N2O4/c1-16(20-9-6-10-21(15-20)25(27)28)24-23(26)17(2)29-22-13-11-19(12-14-22)18-7-4-3-5-8-18/h3-17H,1-2H3,(H,24,26). The van der Waals surface area contributed by atoms with E-state index in [0.29, 0.717) is 11.3 Å². The Bertz CT molecular complexity index is 987. The number of ether oxygens (including phenoxy) is 1. The van der Waals surface area contributed by atoms with Crippen LogP contribution < -0.4 is 10.1 Å². The first-order valence-corrected chi connectivity index (χ1v) is 9.31. The highest BCUT2D eigenvalue weighted by Crippen LogP contribution is 2.23. The molecule has 3 aromatic rings. The van der Waals surface area contributed by atoms with E-state index >= 15 is 0 Å². The SMILES string of the molecule is CC(Oc1ccc(-c2ccccc2)cc1)C(=O)NC(C)c1cccc([N+](=O)[O-])c1. The summed E-state index contributed by atoms with van der Waals surface area (Å²) < 4.78 is 5.75. The number of hydrogen-bond donors (Lipinski definition) is 1. The quantitative estimate of drug-likeness (QED) is 0.459. The highest BCUT2D eigenvalue weighted by molar-refractivity contribution is 5.81. The van der Waals surface area contributed by atoms with Crippen molar-refractivity contribution in [2.75, 3.05) is 0 Å². The van der Waals surface area contributed by atoms with Gasteiger partial charge < -0.3 is 10.1 Å². The highest BCUT2D eigenvalue weighted by Gasteiger charge is 2.19. The van der Waals surface area contributed by atoms with Gasteiger partial charge in [0.25, 0.3) is 11.6 Å². The van der Waals surface area contributed by atoms with Gasteiger partial charge in [0.1, 0.15) is 5.75 Å². The normalized spacial score (nSPS) is 12.6. The molecule has 0 heterocycles. The number of hydrogen-bond acceptors (Lipinski definition) is 4. The summed E-state index contributed by atoms with van der Waals surface area (Å²) in [4.78, 5) is 22.9. The van der Waals surface area contributed by atoms with Crippen LogP contribution in [0.5, 0.6) is 5.75 Å². The number of amides is 1. The maximum atomic E-state index is 12.5. The van der Waals surface area contributed by atoms with Crippen molar-refractivity contribution < 1.29 is 14.5 Å². The second-order valence-electron chi connectivity index (χ2n) is 6.73. The van der Waals surface area contributed by atoms with Gasteiger partial charge in [-0.3, -0.25) is 14.9 Å². The molecule has 0 aliphatic rings. The molecular weight excluding hydrogens is 368 g/mol. The lowest BCUT2D eigenvalue weighted by atomic mass is 10.1. The Morgan fingerprint density at radius 1 is 0.931 bits per heavy atom. The molecule has 0 aliphatic carbocycles. The number of carbonyl (C=O) groups excluding carboxylic acids is 1. The Balaban J connectivity index is 1.60. The first-order valence-electron chi connectivity index (χ1n) is 9.31. The van der Waals surface area contributed by atoms with Crippen LogP contribution in [0.3, 0.4) is 0 Å². The minimum Gasteiger partial charge on any atom is -0.481 e. The summed E-state index contributed by atoms with van der Waals surface area (Å²) in [6, 6.07) is 23.4. The van der Waals surface area contributed by atoms with Gasteiger partial charge in [-0.2, -0.15) is 0 Å². The van der Waals surface area contributed by atoms with Crippen molar-refractivity contribution in [1.82, 2.24) is 5.32 Å². The molecule has 3 aromatic carbocycles. The lowest BCUT2D eigenvalue weighted by Crippen LogP contribution is -2.37. The summed E-state index contributed by atoms with van der Waals surface area (Å²) in [5.74, 6) is 0.298. The van der Waals surface area contributed by atoms with Gasteiger partial charge in [0.15, 0.2) is 6.10 Å². The summed E-state index contributed by atoms with van der Waals surface area (Å²) in [5.41, 5.74) is 2.82. The molecule has 1 amide bonds. The molecule has 2 unspecified atom stereocenters. The Morgan fingerprint density at radius 3 is 2.24 bits per heavy atom. The van der Waals surface area contributed by atoms with Crippen molar-refractivity contribution >= 4 is 11.6 Å². The van der Waals surface area contributed by atoms with Gasteiger partial charge in [-0.25, -0.2) is 0 Å². The van der Waals surface area contributed by atoms with Crippen LogP contribution >= 0.6 is 0 Å². The fraction of sp³-hybridized carbons (Fsp3) is 0.174. The Kier molecular flexibility index (Phi) is 6.24. The largest absolute Gasteiger partial charge is 0.481 e. The number of nitrogens with one attached hydrogen (secondary N) is 1. The van der Waals surface area contributed by atoms with E-state index in [2.05, 4.69) is 5.32 Å². The first-order chi connectivity index (χ1) is 13.9. The summed E-state index contributed by atoms with van der Waals surface area (Å²) in [6.07, 6.45) is -0.710. The third-order valence-corrected chi connectivity index (χ3v) is 4.58. The van der Waals surface area contributed by atoms with Crippen molar-refractivity contribution in [3.63, 3.8) is 0 Å². The van der Waals surface area contributed by atoms with Crippen molar-refractivity contribution in [1.29, 1.82) is 0 Å². The van der Waals surface area contributed by atoms with Crippen molar-refractivity contribution in [3.05, 3.63) is 94.5 Å². The molecule has 0 spiro atoms. The van der Waals surface area contributed by atoms with Gasteiger partial charge in [-0.05, 0) is 42.7 Å².